The molecule has 0 aromatic carbocycles. The number of pyridine rings is 1. The Balaban J connectivity index is 2.67. The average molecular weight is 179 g/mol. The van der Waals surface area contributed by atoms with Crippen molar-refractivity contribution in [3.63, 3.8) is 0 Å². The van der Waals surface area contributed by atoms with Crippen LogP contribution in [-0.4, -0.2) is 18.1 Å². The van der Waals surface area contributed by atoms with Crippen LogP contribution in [0.15, 0.2) is 24.4 Å². The summed E-state index contributed by atoms with van der Waals surface area (Å²) in [6.45, 7) is 2.01. The number of hydrogen-bond acceptors (Lipinski definition) is 3. The fraction of sp³-hybridized carbons (Fsp3) is 0.500. The number of nitrogens with zero attached hydrogens (tertiary/aromatic N) is 1. The van der Waals surface area contributed by atoms with Gasteiger partial charge in [-0.15, -0.1) is 0 Å². The Labute approximate surface area is 79.4 Å². The van der Waals surface area contributed by atoms with Crippen molar-refractivity contribution in [3.8, 4) is 0 Å². The van der Waals surface area contributed by atoms with Crippen molar-refractivity contribution in [2.24, 2.45) is 5.73 Å². The second-order valence-electron chi connectivity index (χ2n) is 3.31. The molecule has 2 atom stereocenters. The Hall–Kier alpha value is -0.930. The molecule has 2 unspecified atom stereocenters. The van der Waals surface area contributed by atoms with Crippen LogP contribution in [0.1, 0.15) is 25.1 Å². The Morgan fingerprint density at radius 3 is 2.77 bits per heavy atom. The van der Waals surface area contributed by atoms with Gasteiger partial charge in [0.2, 0.25) is 0 Å². The first-order valence-corrected chi connectivity index (χ1v) is 4.58. The van der Waals surface area contributed by atoms with Crippen LogP contribution in [0, 0.1) is 0 Å². The number of nitrogens with one attached hydrogen (secondary N) is 1. The van der Waals surface area contributed by atoms with Crippen molar-refractivity contribution in [3.05, 3.63) is 30.1 Å². The number of hydrogen-bond donors (Lipinski definition) is 2. The lowest BCUT2D eigenvalue weighted by molar-refractivity contribution is 0.489. The van der Waals surface area contributed by atoms with E-state index in [1.54, 1.807) is 6.20 Å². The minimum Gasteiger partial charge on any atom is -0.328 e. The summed E-state index contributed by atoms with van der Waals surface area (Å²) in [6.07, 6.45) is 2.72. The first kappa shape index (κ1) is 10.2. The first-order valence-electron chi connectivity index (χ1n) is 4.58. The van der Waals surface area contributed by atoms with Crippen LogP contribution in [0.25, 0.3) is 0 Å². The summed E-state index contributed by atoms with van der Waals surface area (Å²) in [5.74, 6) is 0. The van der Waals surface area contributed by atoms with E-state index in [0.29, 0.717) is 0 Å². The standard InChI is InChI=1S/C10H17N3/c1-8(11)7-10(12-2)9-5-3-4-6-13-9/h3-6,8,10,12H,7,11H2,1-2H3. The summed E-state index contributed by atoms with van der Waals surface area (Å²) in [7, 11) is 1.93. The molecule has 0 saturated heterocycles. The molecular weight excluding hydrogens is 162 g/mol. The average Bonchev–Trinajstić information content (AvgIpc) is 2.15. The third-order valence-electron chi connectivity index (χ3n) is 2.00. The highest BCUT2D eigenvalue weighted by atomic mass is 14.9. The Bertz CT molecular complexity index is 233. The SMILES string of the molecule is CNC(CC(C)N)c1ccccn1. The van der Waals surface area contributed by atoms with E-state index in [-0.39, 0.29) is 12.1 Å². The fourth-order valence-corrected chi connectivity index (χ4v) is 1.34. The minimum atomic E-state index is 0.194. The van der Waals surface area contributed by atoms with Crippen LogP contribution in [0.5, 0.6) is 0 Å². The van der Waals surface area contributed by atoms with Crippen LogP contribution >= 0.6 is 0 Å². The summed E-state index contributed by atoms with van der Waals surface area (Å²) < 4.78 is 0. The second kappa shape index (κ2) is 4.94. The van der Waals surface area contributed by atoms with E-state index >= 15 is 0 Å². The lowest BCUT2D eigenvalue weighted by Gasteiger charge is -2.17. The molecule has 3 nitrogen and oxygen atoms in total. The predicted octanol–water partition coefficient (Wildman–Crippen LogP) is 1.08. The zero-order valence-corrected chi connectivity index (χ0v) is 8.20. The van der Waals surface area contributed by atoms with Crippen LogP contribution in [0.2, 0.25) is 0 Å². The summed E-state index contributed by atoms with van der Waals surface area (Å²) in [6, 6.07) is 6.39. The third kappa shape index (κ3) is 3.13. The fourth-order valence-electron chi connectivity index (χ4n) is 1.34. The molecule has 3 N–H and O–H groups in total. The van der Waals surface area contributed by atoms with Crippen LogP contribution in [0.3, 0.4) is 0 Å². The summed E-state index contributed by atoms with van der Waals surface area (Å²) >= 11 is 0. The summed E-state index contributed by atoms with van der Waals surface area (Å²) in [5, 5.41) is 3.21. The van der Waals surface area contributed by atoms with Crippen molar-refractivity contribution >= 4 is 0 Å². The molecule has 0 spiro atoms. The predicted molar refractivity (Wildman–Crippen MR) is 54.3 cm³/mol. The van der Waals surface area contributed by atoms with Crippen LogP contribution in [-0.2, 0) is 0 Å². The van der Waals surface area contributed by atoms with Gasteiger partial charge in [-0.2, -0.15) is 0 Å². The van der Waals surface area contributed by atoms with Gasteiger partial charge in [-0.05, 0) is 32.5 Å². The maximum absolute atomic E-state index is 5.74. The zero-order valence-electron chi connectivity index (χ0n) is 8.20. The molecule has 0 bridgehead atoms. The van der Waals surface area contributed by atoms with Gasteiger partial charge in [0.15, 0.2) is 0 Å². The van der Waals surface area contributed by atoms with E-state index in [1.165, 1.54) is 0 Å². The largest absolute Gasteiger partial charge is 0.328 e. The van der Waals surface area contributed by atoms with E-state index in [0.717, 1.165) is 12.1 Å². The van der Waals surface area contributed by atoms with Crippen molar-refractivity contribution < 1.29 is 0 Å². The van der Waals surface area contributed by atoms with E-state index < -0.39 is 0 Å². The highest BCUT2D eigenvalue weighted by Crippen LogP contribution is 2.14. The van der Waals surface area contributed by atoms with Gasteiger partial charge >= 0.3 is 0 Å². The van der Waals surface area contributed by atoms with Crippen LogP contribution in [0.4, 0.5) is 0 Å². The molecule has 3 heteroatoms. The summed E-state index contributed by atoms with van der Waals surface area (Å²) in [4.78, 5) is 4.28. The molecule has 13 heavy (non-hydrogen) atoms. The normalized spacial score (nSPS) is 15.3. The molecule has 0 aliphatic heterocycles. The Kier molecular flexibility index (Phi) is 3.86. The molecule has 0 saturated carbocycles. The van der Waals surface area contributed by atoms with Crippen molar-refractivity contribution in [2.75, 3.05) is 7.05 Å². The van der Waals surface area contributed by atoms with Crippen LogP contribution < -0.4 is 11.1 Å². The highest BCUT2D eigenvalue weighted by molar-refractivity contribution is 5.08. The first-order chi connectivity index (χ1) is 6.24. The molecule has 0 aliphatic rings. The second-order valence-corrected chi connectivity index (χ2v) is 3.31. The van der Waals surface area contributed by atoms with Gasteiger partial charge in [0.25, 0.3) is 0 Å². The van der Waals surface area contributed by atoms with Gasteiger partial charge in [0.1, 0.15) is 0 Å². The zero-order chi connectivity index (χ0) is 9.68. The van der Waals surface area contributed by atoms with Gasteiger partial charge in [0, 0.05) is 12.2 Å². The third-order valence-corrected chi connectivity index (χ3v) is 2.00. The maximum atomic E-state index is 5.74. The van der Waals surface area contributed by atoms with Crippen molar-refractivity contribution in [1.29, 1.82) is 0 Å². The van der Waals surface area contributed by atoms with E-state index in [1.807, 2.05) is 32.2 Å². The van der Waals surface area contributed by atoms with Gasteiger partial charge in [0.05, 0.1) is 11.7 Å². The molecule has 0 fully saturated rings. The lowest BCUT2D eigenvalue weighted by Crippen LogP contribution is -2.26. The number of aromatic nitrogens is 1. The summed E-state index contributed by atoms with van der Waals surface area (Å²) in [5.41, 5.74) is 6.80. The van der Waals surface area contributed by atoms with Gasteiger partial charge < -0.3 is 11.1 Å². The molecular formula is C10H17N3. The number of rotatable bonds is 4. The van der Waals surface area contributed by atoms with Gasteiger partial charge in [-0.25, -0.2) is 0 Å². The van der Waals surface area contributed by atoms with Crippen molar-refractivity contribution in [2.45, 2.75) is 25.4 Å². The topological polar surface area (TPSA) is 50.9 Å². The molecule has 1 aromatic rings. The molecule has 1 heterocycles. The van der Waals surface area contributed by atoms with E-state index in [2.05, 4.69) is 10.3 Å². The van der Waals surface area contributed by atoms with Gasteiger partial charge in [-0.1, -0.05) is 6.07 Å². The van der Waals surface area contributed by atoms with E-state index in [4.69, 9.17) is 5.73 Å². The van der Waals surface area contributed by atoms with Crippen molar-refractivity contribution in [1.82, 2.24) is 10.3 Å². The van der Waals surface area contributed by atoms with Gasteiger partial charge in [-0.3, -0.25) is 4.98 Å². The highest BCUT2D eigenvalue weighted by Gasteiger charge is 2.11. The molecule has 72 valence electrons. The molecule has 1 rings (SSSR count). The quantitative estimate of drug-likeness (QED) is 0.727. The lowest BCUT2D eigenvalue weighted by atomic mass is 10.1. The molecule has 0 radical (unpaired) electrons. The smallest absolute Gasteiger partial charge is 0.0573 e. The Morgan fingerprint density at radius 2 is 2.31 bits per heavy atom. The van der Waals surface area contributed by atoms with E-state index in [9.17, 15) is 0 Å². The number of nitrogens with two attached hydrogens (primary N) is 1. The maximum Gasteiger partial charge on any atom is 0.0573 e. The molecule has 0 amide bonds. The minimum absolute atomic E-state index is 0.194. The Morgan fingerprint density at radius 1 is 1.54 bits per heavy atom. The molecule has 1 aromatic heterocycles. The monoisotopic (exact) mass is 179 g/mol. The molecule has 0 aliphatic carbocycles.